The molecule has 0 aliphatic heterocycles. The Balaban J connectivity index is 2.11. The molecule has 1 aromatic heterocycles. The molecule has 0 spiro atoms. The lowest BCUT2D eigenvalue weighted by molar-refractivity contribution is 0.337. The van der Waals surface area contributed by atoms with Crippen molar-refractivity contribution >= 4 is 5.69 Å². The zero-order valence-corrected chi connectivity index (χ0v) is 11.1. The van der Waals surface area contributed by atoms with Gasteiger partial charge in [-0.25, -0.2) is 0 Å². The summed E-state index contributed by atoms with van der Waals surface area (Å²) >= 11 is 0. The van der Waals surface area contributed by atoms with E-state index in [1.54, 1.807) is 0 Å². The van der Waals surface area contributed by atoms with Crippen molar-refractivity contribution in [2.75, 3.05) is 11.9 Å². The summed E-state index contributed by atoms with van der Waals surface area (Å²) in [6.07, 6.45) is 0. The Bertz CT molecular complexity index is 500. The van der Waals surface area contributed by atoms with Crippen molar-refractivity contribution < 1.29 is 4.74 Å². The molecular formula is C14H19N3O. The molecule has 2 N–H and O–H groups in total. The number of rotatable bonds is 5. The van der Waals surface area contributed by atoms with E-state index in [9.17, 15) is 0 Å². The standard InChI is InChI=1S/C14H19N3O/c1-4-18-13-8-6-5-7-12(13)9-15-14-10(2)16-17-11(14)3/h5-8,15H,4,9H2,1-3H3,(H,16,17). The zero-order chi connectivity index (χ0) is 13.0. The fourth-order valence-corrected chi connectivity index (χ4v) is 1.94. The molecule has 0 unspecified atom stereocenters. The summed E-state index contributed by atoms with van der Waals surface area (Å²) in [4.78, 5) is 0. The zero-order valence-electron chi connectivity index (χ0n) is 11.1. The van der Waals surface area contributed by atoms with E-state index in [2.05, 4.69) is 21.6 Å². The second-order valence-corrected chi connectivity index (χ2v) is 4.20. The van der Waals surface area contributed by atoms with Gasteiger partial charge in [0.15, 0.2) is 0 Å². The average Bonchev–Trinajstić information content (AvgIpc) is 2.69. The minimum absolute atomic E-state index is 0.681. The van der Waals surface area contributed by atoms with Crippen LogP contribution in [0.25, 0.3) is 0 Å². The van der Waals surface area contributed by atoms with Gasteiger partial charge in [0.2, 0.25) is 0 Å². The quantitative estimate of drug-likeness (QED) is 0.851. The van der Waals surface area contributed by atoms with Gasteiger partial charge in [-0.05, 0) is 26.8 Å². The Morgan fingerprint density at radius 2 is 2.06 bits per heavy atom. The topological polar surface area (TPSA) is 49.9 Å². The number of aryl methyl sites for hydroxylation is 2. The first-order valence-corrected chi connectivity index (χ1v) is 6.18. The van der Waals surface area contributed by atoms with Crippen LogP contribution in [0, 0.1) is 13.8 Å². The normalized spacial score (nSPS) is 10.4. The van der Waals surface area contributed by atoms with Crippen LogP contribution in [0.15, 0.2) is 24.3 Å². The fourth-order valence-electron chi connectivity index (χ4n) is 1.94. The van der Waals surface area contributed by atoms with Gasteiger partial charge in [0.05, 0.1) is 23.7 Å². The third-order valence-electron chi connectivity index (χ3n) is 2.86. The first-order valence-electron chi connectivity index (χ1n) is 6.18. The maximum atomic E-state index is 5.60. The molecule has 0 amide bonds. The van der Waals surface area contributed by atoms with Crippen molar-refractivity contribution in [2.24, 2.45) is 0 Å². The summed E-state index contributed by atoms with van der Waals surface area (Å²) in [6.45, 7) is 7.41. The molecule has 1 heterocycles. The monoisotopic (exact) mass is 245 g/mol. The van der Waals surface area contributed by atoms with Gasteiger partial charge in [-0.1, -0.05) is 18.2 Å². The number of aromatic nitrogens is 2. The van der Waals surface area contributed by atoms with Crippen LogP contribution in [0.1, 0.15) is 23.9 Å². The van der Waals surface area contributed by atoms with E-state index in [0.29, 0.717) is 6.61 Å². The lowest BCUT2D eigenvalue weighted by Crippen LogP contribution is -2.04. The number of benzene rings is 1. The van der Waals surface area contributed by atoms with E-state index in [1.807, 2.05) is 39.0 Å². The molecule has 2 aromatic rings. The molecular weight excluding hydrogens is 226 g/mol. The van der Waals surface area contributed by atoms with Crippen LogP contribution in [0.5, 0.6) is 5.75 Å². The fraction of sp³-hybridized carbons (Fsp3) is 0.357. The highest BCUT2D eigenvalue weighted by atomic mass is 16.5. The third-order valence-corrected chi connectivity index (χ3v) is 2.86. The lowest BCUT2D eigenvalue weighted by atomic mass is 10.2. The first kappa shape index (κ1) is 12.5. The maximum absolute atomic E-state index is 5.60. The van der Waals surface area contributed by atoms with Crippen LogP contribution >= 0.6 is 0 Å². The molecule has 0 saturated heterocycles. The summed E-state index contributed by atoms with van der Waals surface area (Å²) in [5, 5.41) is 10.5. The Labute approximate surface area is 107 Å². The van der Waals surface area contributed by atoms with Crippen molar-refractivity contribution in [3.63, 3.8) is 0 Å². The van der Waals surface area contributed by atoms with Crippen LogP contribution in [-0.2, 0) is 6.54 Å². The molecule has 96 valence electrons. The molecule has 0 fully saturated rings. The lowest BCUT2D eigenvalue weighted by Gasteiger charge is -2.11. The van der Waals surface area contributed by atoms with E-state index in [1.165, 1.54) is 0 Å². The molecule has 4 heteroatoms. The highest BCUT2D eigenvalue weighted by Gasteiger charge is 2.07. The van der Waals surface area contributed by atoms with E-state index in [-0.39, 0.29) is 0 Å². The number of nitrogens with one attached hydrogen (secondary N) is 2. The molecule has 18 heavy (non-hydrogen) atoms. The van der Waals surface area contributed by atoms with Gasteiger partial charge in [0.1, 0.15) is 5.75 Å². The summed E-state index contributed by atoms with van der Waals surface area (Å²) in [5.41, 5.74) is 4.27. The molecule has 0 aliphatic carbocycles. The minimum Gasteiger partial charge on any atom is -0.494 e. The van der Waals surface area contributed by atoms with E-state index in [4.69, 9.17) is 4.74 Å². The molecule has 2 rings (SSSR count). The predicted molar refractivity (Wildman–Crippen MR) is 73.0 cm³/mol. The number of nitrogens with zero attached hydrogens (tertiary/aromatic N) is 1. The highest BCUT2D eigenvalue weighted by Crippen LogP contribution is 2.21. The Hall–Kier alpha value is -1.97. The van der Waals surface area contributed by atoms with Crippen LogP contribution < -0.4 is 10.1 Å². The number of H-pyrrole nitrogens is 1. The summed E-state index contributed by atoms with van der Waals surface area (Å²) in [6, 6.07) is 8.08. The summed E-state index contributed by atoms with van der Waals surface area (Å²) in [5.74, 6) is 0.936. The second kappa shape index (κ2) is 5.58. The van der Waals surface area contributed by atoms with Gasteiger partial charge in [-0.3, -0.25) is 5.10 Å². The predicted octanol–water partition coefficient (Wildman–Crippen LogP) is 3.04. The van der Waals surface area contributed by atoms with Crippen LogP contribution in [-0.4, -0.2) is 16.8 Å². The van der Waals surface area contributed by atoms with E-state index >= 15 is 0 Å². The minimum atomic E-state index is 0.681. The molecule has 0 saturated carbocycles. The average molecular weight is 245 g/mol. The van der Waals surface area contributed by atoms with Gasteiger partial charge in [-0.15, -0.1) is 0 Å². The van der Waals surface area contributed by atoms with Crippen molar-refractivity contribution in [3.8, 4) is 5.75 Å². The van der Waals surface area contributed by atoms with Crippen LogP contribution in [0.4, 0.5) is 5.69 Å². The summed E-state index contributed by atoms with van der Waals surface area (Å²) < 4.78 is 5.60. The van der Waals surface area contributed by atoms with Gasteiger partial charge in [0, 0.05) is 12.1 Å². The molecule has 0 atom stereocenters. The SMILES string of the molecule is CCOc1ccccc1CNc1c(C)n[nH]c1C. The number of hydrogen-bond acceptors (Lipinski definition) is 3. The van der Waals surface area contributed by atoms with Crippen LogP contribution in [0.2, 0.25) is 0 Å². The molecule has 1 aromatic carbocycles. The van der Waals surface area contributed by atoms with Crippen molar-refractivity contribution in [2.45, 2.75) is 27.3 Å². The Morgan fingerprint density at radius 1 is 1.28 bits per heavy atom. The van der Waals surface area contributed by atoms with E-state index in [0.717, 1.165) is 34.9 Å². The number of para-hydroxylation sites is 1. The van der Waals surface area contributed by atoms with Crippen molar-refractivity contribution in [1.82, 2.24) is 10.2 Å². The highest BCUT2D eigenvalue weighted by molar-refractivity contribution is 5.52. The molecule has 0 bridgehead atoms. The van der Waals surface area contributed by atoms with Crippen molar-refractivity contribution in [3.05, 3.63) is 41.2 Å². The summed E-state index contributed by atoms with van der Waals surface area (Å²) in [7, 11) is 0. The second-order valence-electron chi connectivity index (χ2n) is 4.20. The van der Waals surface area contributed by atoms with Gasteiger partial charge in [-0.2, -0.15) is 5.10 Å². The maximum Gasteiger partial charge on any atom is 0.124 e. The van der Waals surface area contributed by atoms with Gasteiger partial charge < -0.3 is 10.1 Å². The molecule has 4 nitrogen and oxygen atoms in total. The first-order chi connectivity index (χ1) is 8.72. The van der Waals surface area contributed by atoms with Gasteiger partial charge >= 0.3 is 0 Å². The van der Waals surface area contributed by atoms with Crippen molar-refractivity contribution in [1.29, 1.82) is 0 Å². The molecule has 0 radical (unpaired) electrons. The third kappa shape index (κ3) is 2.64. The number of ether oxygens (including phenoxy) is 1. The Morgan fingerprint density at radius 3 is 2.72 bits per heavy atom. The smallest absolute Gasteiger partial charge is 0.124 e. The van der Waals surface area contributed by atoms with Gasteiger partial charge in [0.25, 0.3) is 0 Å². The largest absolute Gasteiger partial charge is 0.494 e. The van der Waals surface area contributed by atoms with E-state index < -0.39 is 0 Å². The van der Waals surface area contributed by atoms with Crippen LogP contribution in [0.3, 0.4) is 0 Å². The Kier molecular flexibility index (Phi) is 3.87. The molecule has 0 aliphatic rings. The number of hydrogen-bond donors (Lipinski definition) is 2. The number of anilines is 1. The number of aromatic amines is 1.